The summed E-state index contributed by atoms with van der Waals surface area (Å²) >= 11 is 0. The predicted molar refractivity (Wildman–Crippen MR) is 73.1 cm³/mol. The van der Waals surface area contributed by atoms with Crippen LogP contribution in [-0.4, -0.2) is 38.3 Å². The summed E-state index contributed by atoms with van der Waals surface area (Å²) in [4.78, 5) is 13.5. The van der Waals surface area contributed by atoms with Gasteiger partial charge in [-0.2, -0.15) is 5.10 Å². The largest absolute Gasteiger partial charge is 0.480 e. The molecule has 1 aliphatic rings. The Morgan fingerprint density at radius 3 is 2.68 bits per heavy atom. The van der Waals surface area contributed by atoms with Crippen molar-refractivity contribution in [2.24, 2.45) is 7.05 Å². The minimum Gasteiger partial charge on any atom is -0.480 e. The molecular weight excluding hydrogens is 242 g/mol. The monoisotopic (exact) mass is 265 g/mol. The van der Waals surface area contributed by atoms with Gasteiger partial charge in [-0.15, -0.1) is 0 Å². The maximum atomic E-state index is 11.4. The average molecular weight is 265 g/mol. The Bertz CT molecular complexity index is 481. The van der Waals surface area contributed by atoms with Crippen molar-refractivity contribution >= 4 is 5.97 Å². The summed E-state index contributed by atoms with van der Waals surface area (Å²) in [6.45, 7) is 6.88. The van der Waals surface area contributed by atoms with Crippen molar-refractivity contribution in [2.45, 2.75) is 52.1 Å². The van der Waals surface area contributed by atoms with Crippen LogP contribution in [0.3, 0.4) is 0 Å². The van der Waals surface area contributed by atoms with E-state index in [0.29, 0.717) is 6.42 Å². The summed E-state index contributed by atoms with van der Waals surface area (Å²) in [5.41, 5.74) is 3.39. The summed E-state index contributed by atoms with van der Waals surface area (Å²) in [6, 6.07) is -0.179. The number of nitrogens with zero attached hydrogens (tertiary/aromatic N) is 3. The van der Waals surface area contributed by atoms with E-state index in [9.17, 15) is 9.90 Å². The summed E-state index contributed by atoms with van der Waals surface area (Å²) in [5.74, 6) is -0.714. The first kappa shape index (κ1) is 14.1. The van der Waals surface area contributed by atoms with Gasteiger partial charge in [0, 0.05) is 24.3 Å². The molecule has 1 aliphatic heterocycles. The first-order valence-electron chi connectivity index (χ1n) is 6.96. The Kier molecular flexibility index (Phi) is 3.94. The van der Waals surface area contributed by atoms with Crippen LogP contribution >= 0.6 is 0 Å². The van der Waals surface area contributed by atoms with Crippen LogP contribution in [0.2, 0.25) is 0 Å². The molecule has 1 aromatic rings. The fraction of sp³-hybridized carbons (Fsp3) is 0.714. The molecule has 2 atom stereocenters. The van der Waals surface area contributed by atoms with Crippen molar-refractivity contribution in [1.29, 1.82) is 0 Å². The number of aliphatic carboxylic acids is 1. The van der Waals surface area contributed by atoms with Crippen molar-refractivity contribution < 1.29 is 9.90 Å². The van der Waals surface area contributed by atoms with Crippen molar-refractivity contribution in [3.8, 4) is 0 Å². The molecule has 0 spiro atoms. The van der Waals surface area contributed by atoms with Gasteiger partial charge in [0.1, 0.15) is 6.04 Å². The highest BCUT2D eigenvalue weighted by Crippen LogP contribution is 2.37. The lowest BCUT2D eigenvalue weighted by atomic mass is 10.0. The highest BCUT2D eigenvalue weighted by atomic mass is 16.4. The molecule has 2 rings (SSSR count). The molecule has 0 bridgehead atoms. The summed E-state index contributed by atoms with van der Waals surface area (Å²) in [7, 11) is 1.94. The second-order valence-corrected chi connectivity index (χ2v) is 5.37. The highest BCUT2D eigenvalue weighted by Gasteiger charge is 2.36. The molecule has 5 heteroatoms. The number of carboxylic acids is 1. The first-order chi connectivity index (χ1) is 8.97. The number of carboxylic acid groups (broad SMARTS) is 1. The normalized spacial score (nSPS) is 21.8. The number of aromatic nitrogens is 2. The molecule has 1 N–H and O–H groups in total. The van der Waals surface area contributed by atoms with Crippen LogP contribution < -0.4 is 0 Å². The third-order valence-electron chi connectivity index (χ3n) is 4.26. The smallest absolute Gasteiger partial charge is 0.320 e. The van der Waals surface area contributed by atoms with Crippen LogP contribution in [0.15, 0.2) is 0 Å². The number of rotatable bonds is 4. The molecule has 0 amide bonds. The van der Waals surface area contributed by atoms with Gasteiger partial charge in [-0.25, -0.2) is 0 Å². The van der Waals surface area contributed by atoms with Gasteiger partial charge in [-0.3, -0.25) is 14.4 Å². The van der Waals surface area contributed by atoms with Crippen LogP contribution in [0, 0.1) is 13.8 Å². The van der Waals surface area contributed by atoms with Crippen molar-refractivity contribution in [1.82, 2.24) is 14.7 Å². The van der Waals surface area contributed by atoms with E-state index in [-0.39, 0.29) is 12.1 Å². The predicted octanol–water partition coefficient (Wildman–Crippen LogP) is 2.04. The van der Waals surface area contributed by atoms with Crippen LogP contribution in [0.4, 0.5) is 0 Å². The number of aryl methyl sites for hydroxylation is 2. The van der Waals surface area contributed by atoms with Crippen molar-refractivity contribution in [2.75, 3.05) is 6.54 Å². The highest BCUT2D eigenvalue weighted by molar-refractivity contribution is 5.73. The van der Waals surface area contributed by atoms with Gasteiger partial charge >= 0.3 is 5.97 Å². The van der Waals surface area contributed by atoms with Gasteiger partial charge in [0.05, 0.1) is 5.69 Å². The van der Waals surface area contributed by atoms with Crippen molar-refractivity contribution in [3.05, 3.63) is 17.0 Å². The standard InChI is InChI=1S/C14H23N3O2/c1-5-11(14(18)19)17-8-6-7-12(17)13-9(2)15-16(4)10(13)3/h11-12H,5-8H2,1-4H3,(H,18,19). The maximum absolute atomic E-state index is 11.4. The zero-order valence-electron chi connectivity index (χ0n) is 12.2. The Morgan fingerprint density at radius 1 is 1.53 bits per heavy atom. The zero-order valence-corrected chi connectivity index (χ0v) is 12.2. The minimum absolute atomic E-state index is 0.203. The van der Waals surface area contributed by atoms with Gasteiger partial charge in [-0.05, 0) is 39.7 Å². The molecule has 1 fully saturated rings. The second-order valence-electron chi connectivity index (χ2n) is 5.37. The topological polar surface area (TPSA) is 58.4 Å². The molecule has 1 aromatic heterocycles. The molecule has 0 aromatic carbocycles. The SMILES string of the molecule is CCC(C(=O)O)N1CCCC1c1c(C)nn(C)c1C. The fourth-order valence-corrected chi connectivity index (χ4v) is 3.30. The molecule has 2 unspecified atom stereocenters. The van der Waals surface area contributed by atoms with Gasteiger partial charge in [-0.1, -0.05) is 6.92 Å². The first-order valence-corrected chi connectivity index (χ1v) is 6.96. The molecule has 5 nitrogen and oxygen atoms in total. The Morgan fingerprint density at radius 2 is 2.21 bits per heavy atom. The minimum atomic E-state index is -0.714. The lowest BCUT2D eigenvalue weighted by Gasteiger charge is -2.30. The number of hydrogen-bond donors (Lipinski definition) is 1. The van der Waals surface area contributed by atoms with E-state index in [4.69, 9.17) is 0 Å². The van der Waals surface area contributed by atoms with Gasteiger partial charge in [0.2, 0.25) is 0 Å². The van der Waals surface area contributed by atoms with Gasteiger partial charge in [0.25, 0.3) is 0 Å². The fourth-order valence-electron chi connectivity index (χ4n) is 3.30. The molecule has 0 aliphatic carbocycles. The van der Waals surface area contributed by atoms with Crippen LogP contribution in [0.5, 0.6) is 0 Å². The quantitative estimate of drug-likeness (QED) is 0.905. The summed E-state index contributed by atoms with van der Waals surface area (Å²) < 4.78 is 1.89. The van der Waals surface area contributed by atoms with Gasteiger partial charge in [0.15, 0.2) is 0 Å². The molecule has 1 saturated heterocycles. The molecule has 0 saturated carbocycles. The van der Waals surface area contributed by atoms with E-state index in [1.54, 1.807) is 0 Å². The molecule has 0 radical (unpaired) electrons. The summed E-state index contributed by atoms with van der Waals surface area (Å²) in [6.07, 6.45) is 2.73. The van der Waals surface area contributed by atoms with Crippen LogP contribution in [-0.2, 0) is 11.8 Å². The third kappa shape index (κ3) is 2.39. The maximum Gasteiger partial charge on any atom is 0.320 e. The molecular formula is C14H23N3O2. The van der Waals surface area contributed by atoms with E-state index in [0.717, 1.165) is 30.8 Å². The number of likely N-dealkylation sites (tertiary alicyclic amines) is 1. The molecule has 106 valence electrons. The summed E-state index contributed by atoms with van der Waals surface area (Å²) in [5, 5.41) is 13.8. The van der Waals surface area contributed by atoms with E-state index in [1.807, 2.05) is 25.6 Å². The van der Waals surface area contributed by atoms with E-state index < -0.39 is 5.97 Å². The van der Waals surface area contributed by atoms with E-state index >= 15 is 0 Å². The Hall–Kier alpha value is -1.36. The third-order valence-corrected chi connectivity index (χ3v) is 4.26. The van der Waals surface area contributed by atoms with Crippen LogP contribution in [0.1, 0.15) is 49.2 Å². The molecule has 2 heterocycles. The lowest BCUT2D eigenvalue weighted by molar-refractivity contribution is -0.143. The van der Waals surface area contributed by atoms with E-state index in [2.05, 4.69) is 16.9 Å². The number of hydrogen-bond acceptors (Lipinski definition) is 3. The number of carbonyl (C=O) groups is 1. The average Bonchev–Trinajstić information content (AvgIpc) is 2.87. The van der Waals surface area contributed by atoms with Crippen LogP contribution in [0.25, 0.3) is 0 Å². The van der Waals surface area contributed by atoms with Crippen molar-refractivity contribution in [3.63, 3.8) is 0 Å². The lowest BCUT2D eigenvalue weighted by Crippen LogP contribution is -2.40. The molecule has 19 heavy (non-hydrogen) atoms. The second kappa shape index (κ2) is 5.33. The Labute approximate surface area is 114 Å². The van der Waals surface area contributed by atoms with E-state index in [1.165, 1.54) is 5.56 Å². The van der Waals surface area contributed by atoms with Gasteiger partial charge < -0.3 is 5.11 Å². The Balaban J connectivity index is 2.35. The zero-order chi connectivity index (χ0) is 14.2.